The van der Waals surface area contributed by atoms with Gasteiger partial charge in [-0.3, -0.25) is 0 Å². The highest BCUT2D eigenvalue weighted by Crippen LogP contribution is 2.40. The van der Waals surface area contributed by atoms with Gasteiger partial charge in [0.05, 0.1) is 15.6 Å². The highest BCUT2D eigenvalue weighted by Gasteiger charge is 2.21. The molecule has 1 aromatic heterocycles. The molecule has 1 heterocycles. The molecule has 0 unspecified atom stereocenters. The molecule has 0 aliphatic rings. The van der Waals surface area contributed by atoms with Crippen LogP contribution < -0.4 is 5.73 Å². The summed E-state index contributed by atoms with van der Waals surface area (Å²) in [5.41, 5.74) is 7.26. The maximum absolute atomic E-state index is 6.19. The Morgan fingerprint density at radius 3 is 2.39 bits per heavy atom. The van der Waals surface area contributed by atoms with Gasteiger partial charge in [0.2, 0.25) is 0 Å². The molecular weight excluding hydrogens is 271 g/mol. The lowest BCUT2D eigenvalue weighted by molar-refractivity contribution is 0.372. The molecule has 2 aromatic rings. The largest absolute Gasteiger partial charge is 0.380 e. The van der Waals surface area contributed by atoms with Crippen molar-refractivity contribution in [3.05, 3.63) is 34.0 Å². The summed E-state index contributed by atoms with van der Waals surface area (Å²) in [6.45, 7) is 4.19. The van der Waals surface area contributed by atoms with Crippen LogP contribution in [0, 0.1) is 5.92 Å². The third kappa shape index (κ3) is 2.47. The van der Waals surface area contributed by atoms with Crippen molar-refractivity contribution in [3.63, 3.8) is 0 Å². The molecule has 0 aliphatic heterocycles. The topological polar surface area (TPSA) is 52.0 Å². The third-order valence-electron chi connectivity index (χ3n) is 2.60. The quantitative estimate of drug-likeness (QED) is 0.907. The second-order valence-corrected chi connectivity index (χ2v) is 5.38. The Morgan fingerprint density at radius 1 is 1.22 bits per heavy atom. The van der Waals surface area contributed by atoms with Crippen LogP contribution in [0.15, 0.2) is 22.7 Å². The van der Waals surface area contributed by atoms with Gasteiger partial charge in [-0.25, -0.2) is 0 Å². The summed E-state index contributed by atoms with van der Waals surface area (Å²) in [5, 5.41) is 4.90. The van der Waals surface area contributed by atoms with Gasteiger partial charge in [-0.1, -0.05) is 48.3 Å². The molecule has 2 N–H and O–H groups in total. The lowest BCUT2D eigenvalue weighted by atomic mass is 10.00. The second kappa shape index (κ2) is 5.21. The molecule has 3 nitrogen and oxygen atoms in total. The summed E-state index contributed by atoms with van der Waals surface area (Å²) in [6.07, 6.45) is 0.737. The Balaban J connectivity index is 2.60. The molecule has 5 heteroatoms. The summed E-state index contributed by atoms with van der Waals surface area (Å²) in [4.78, 5) is 0. The molecule has 2 rings (SSSR count). The van der Waals surface area contributed by atoms with E-state index in [0.29, 0.717) is 32.9 Å². The average Bonchev–Trinajstić information content (AvgIpc) is 2.60. The maximum atomic E-state index is 6.19. The number of hydrogen-bond acceptors (Lipinski definition) is 3. The van der Waals surface area contributed by atoms with Gasteiger partial charge in [0, 0.05) is 12.0 Å². The molecule has 0 radical (unpaired) electrons. The van der Waals surface area contributed by atoms with Crippen LogP contribution in [0.3, 0.4) is 0 Å². The van der Waals surface area contributed by atoms with E-state index in [1.165, 1.54) is 0 Å². The second-order valence-electron chi connectivity index (χ2n) is 4.56. The fourth-order valence-corrected chi connectivity index (χ4v) is 2.44. The fourth-order valence-electron chi connectivity index (χ4n) is 1.85. The van der Waals surface area contributed by atoms with Crippen molar-refractivity contribution in [3.8, 4) is 11.1 Å². The number of benzene rings is 1. The van der Waals surface area contributed by atoms with Gasteiger partial charge < -0.3 is 10.3 Å². The van der Waals surface area contributed by atoms with Crippen molar-refractivity contribution in [2.75, 3.05) is 5.73 Å². The number of nitrogens with zero attached hydrogens (tertiary/aromatic N) is 1. The van der Waals surface area contributed by atoms with E-state index in [-0.39, 0.29) is 0 Å². The van der Waals surface area contributed by atoms with Crippen LogP contribution in [0.1, 0.15) is 19.6 Å². The molecule has 0 atom stereocenters. The minimum absolute atomic E-state index is 0.320. The molecule has 0 saturated heterocycles. The van der Waals surface area contributed by atoms with Gasteiger partial charge in [0.25, 0.3) is 0 Å². The first-order valence-electron chi connectivity index (χ1n) is 5.69. The van der Waals surface area contributed by atoms with Gasteiger partial charge >= 0.3 is 0 Å². The number of rotatable bonds is 3. The lowest BCUT2D eigenvalue weighted by Gasteiger charge is -2.08. The average molecular weight is 285 g/mol. The molecule has 18 heavy (non-hydrogen) atoms. The zero-order valence-electron chi connectivity index (χ0n) is 10.2. The predicted octanol–water partition coefficient (Wildman–Crippen LogP) is 4.43. The molecule has 0 saturated carbocycles. The van der Waals surface area contributed by atoms with Crippen LogP contribution >= 0.6 is 23.2 Å². The lowest BCUT2D eigenvalue weighted by Crippen LogP contribution is -1.96. The van der Waals surface area contributed by atoms with Gasteiger partial charge in [0.1, 0.15) is 5.76 Å². The monoisotopic (exact) mass is 284 g/mol. The molecule has 0 aliphatic carbocycles. The van der Waals surface area contributed by atoms with E-state index >= 15 is 0 Å². The first kappa shape index (κ1) is 13.2. The number of hydrogen-bond donors (Lipinski definition) is 1. The minimum Gasteiger partial charge on any atom is -0.380 e. The Morgan fingerprint density at radius 2 is 1.83 bits per heavy atom. The first-order valence-corrected chi connectivity index (χ1v) is 6.44. The van der Waals surface area contributed by atoms with E-state index in [9.17, 15) is 0 Å². The number of anilines is 1. The SMILES string of the molecule is CC(C)Cc1onc(N)c1-c1c(Cl)cccc1Cl. The molecule has 0 spiro atoms. The van der Waals surface area contributed by atoms with E-state index in [1.807, 2.05) is 0 Å². The van der Waals surface area contributed by atoms with E-state index < -0.39 is 0 Å². The van der Waals surface area contributed by atoms with Crippen LogP contribution in [0.25, 0.3) is 11.1 Å². The first-order chi connectivity index (χ1) is 8.50. The van der Waals surface area contributed by atoms with Crippen molar-refractivity contribution in [2.24, 2.45) is 5.92 Å². The van der Waals surface area contributed by atoms with Crippen LogP contribution in [0.2, 0.25) is 10.0 Å². The van der Waals surface area contributed by atoms with Crippen molar-refractivity contribution in [2.45, 2.75) is 20.3 Å². The van der Waals surface area contributed by atoms with Crippen LogP contribution in [-0.2, 0) is 6.42 Å². The fraction of sp³-hybridized carbons (Fsp3) is 0.308. The zero-order valence-corrected chi connectivity index (χ0v) is 11.7. The Bertz CT molecular complexity index is 544. The van der Waals surface area contributed by atoms with E-state index in [4.69, 9.17) is 33.5 Å². The van der Waals surface area contributed by atoms with E-state index in [1.54, 1.807) is 18.2 Å². The summed E-state index contributed by atoms with van der Waals surface area (Å²) in [7, 11) is 0. The number of nitrogen functional groups attached to an aromatic ring is 1. The van der Waals surface area contributed by atoms with Gasteiger partial charge in [0.15, 0.2) is 5.82 Å². The Kier molecular flexibility index (Phi) is 3.83. The zero-order chi connectivity index (χ0) is 13.3. The number of aromatic nitrogens is 1. The predicted molar refractivity (Wildman–Crippen MR) is 74.9 cm³/mol. The van der Waals surface area contributed by atoms with E-state index in [0.717, 1.165) is 12.2 Å². The highest BCUT2D eigenvalue weighted by atomic mass is 35.5. The Labute approximate surface area is 116 Å². The summed E-state index contributed by atoms with van der Waals surface area (Å²) in [6, 6.07) is 5.34. The van der Waals surface area contributed by atoms with Crippen molar-refractivity contribution < 1.29 is 4.52 Å². The van der Waals surface area contributed by atoms with E-state index in [2.05, 4.69) is 19.0 Å². The minimum atomic E-state index is 0.320. The summed E-state index contributed by atoms with van der Waals surface area (Å²) in [5.74, 6) is 1.47. The third-order valence-corrected chi connectivity index (χ3v) is 3.23. The van der Waals surface area contributed by atoms with Crippen molar-refractivity contribution >= 4 is 29.0 Å². The van der Waals surface area contributed by atoms with Gasteiger partial charge in [-0.2, -0.15) is 0 Å². The molecule has 0 amide bonds. The van der Waals surface area contributed by atoms with Gasteiger partial charge in [-0.05, 0) is 18.1 Å². The summed E-state index contributed by atoms with van der Waals surface area (Å²) < 4.78 is 5.28. The summed E-state index contributed by atoms with van der Waals surface area (Å²) >= 11 is 12.4. The smallest absolute Gasteiger partial charge is 0.175 e. The van der Waals surface area contributed by atoms with Crippen molar-refractivity contribution in [1.82, 2.24) is 5.16 Å². The molecule has 96 valence electrons. The highest BCUT2D eigenvalue weighted by molar-refractivity contribution is 6.39. The van der Waals surface area contributed by atoms with Crippen LogP contribution in [0.5, 0.6) is 0 Å². The standard InChI is InChI=1S/C13H14Cl2N2O/c1-7(2)6-10-12(13(16)17-18-10)11-8(14)4-3-5-9(11)15/h3-5,7H,6H2,1-2H3,(H2,16,17). The number of halogens is 2. The maximum Gasteiger partial charge on any atom is 0.175 e. The Hall–Kier alpha value is -1.19. The molecular formula is C13H14Cl2N2O. The molecule has 0 bridgehead atoms. The molecule has 1 aromatic carbocycles. The van der Waals surface area contributed by atoms with Gasteiger partial charge in [-0.15, -0.1) is 0 Å². The van der Waals surface area contributed by atoms with Crippen molar-refractivity contribution in [1.29, 1.82) is 0 Å². The molecule has 0 fully saturated rings. The van der Waals surface area contributed by atoms with Crippen LogP contribution in [0.4, 0.5) is 5.82 Å². The number of nitrogens with two attached hydrogens (primary N) is 1. The van der Waals surface area contributed by atoms with Crippen LogP contribution in [-0.4, -0.2) is 5.16 Å². The normalized spacial score (nSPS) is 11.2.